The van der Waals surface area contributed by atoms with E-state index < -0.39 is 17.8 Å². The molecule has 1 heterocycles. The van der Waals surface area contributed by atoms with Gasteiger partial charge in [-0.3, -0.25) is 14.6 Å². The zero-order chi connectivity index (χ0) is 22.9. The Morgan fingerprint density at radius 3 is 2.45 bits per heavy atom. The maximum Gasteiger partial charge on any atom is 0.227 e. The maximum atomic E-state index is 14.3. The fourth-order valence-corrected chi connectivity index (χ4v) is 5.15. The summed E-state index contributed by atoms with van der Waals surface area (Å²) in [5.41, 5.74) is 3.79. The molecule has 1 saturated carbocycles. The first-order chi connectivity index (χ1) is 16.1. The molecule has 3 aromatic rings. The summed E-state index contributed by atoms with van der Waals surface area (Å²) in [6.45, 7) is 1.80. The Hall–Kier alpha value is -3.60. The monoisotopic (exact) mass is 440 g/mol. The topological polar surface area (TPSA) is 49.7 Å². The van der Waals surface area contributed by atoms with Crippen LogP contribution in [-0.4, -0.2) is 17.4 Å². The van der Waals surface area contributed by atoms with Crippen molar-refractivity contribution in [3.8, 4) is 0 Å². The normalized spacial score (nSPS) is 22.1. The van der Waals surface area contributed by atoms with Crippen molar-refractivity contribution < 1.29 is 14.0 Å². The van der Waals surface area contributed by atoms with Crippen LogP contribution in [0.4, 0.5) is 15.8 Å². The summed E-state index contributed by atoms with van der Waals surface area (Å²) in [7, 11) is 0. The molecule has 1 aliphatic carbocycles. The number of anilines is 1. The van der Waals surface area contributed by atoms with Gasteiger partial charge >= 0.3 is 0 Å². The maximum absolute atomic E-state index is 14.3. The summed E-state index contributed by atoms with van der Waals surface area (Å²) in [6, 6.07) is 23.1. The molecule has 0 bridgehead atoms. The fraction of sp³-hybridized carbons (Fsp3) is 0.250. The van der Waals surface area contributed by atoms with Gasteiger partial charge < -0.3 is 4.90 Å². The molecule has 0 spiro atoms. The van der Waals surface area contributed by atoms with Crippen molar-refractivity contribution in [1.29, 1.82) is 0 Å². The lowest BCUT2D eigenvalue weighted by Gasteiger charge is -2.39. The van der Waals surface area contributed by atoms with E-state index in [4.69, 9.17) is 4.99 Å². The van der Waals surface area contributed by atoms with Crippen LogP contribution in [0, 0.1) is 11.7 Å². The highest BCUT2D eigenvalue weighted by molar-refractivity contribution is 6.13. The van der Waals surface area contributed by atoms with Crippen LogP contribution in [0.1, 0.15) is 49.3 Å². The molecule has 3 aromatic carbocycles. The van der Waals surface area contributed by atoms with E-state index in [2.05, 4.69) is 0 Å². The first-order valence-corrected chi connectivity index (χ1v) is 11.4. The number of benzene rings is 3. The number of amides is 1. The van der Waals surface area contributed by atoms with Crippen LogP contribution in [-0.2, 0) is 9.59 Å². The molecule has 3 unspecified atom stereocenters. The minimum absolute atomic E-state index is 0.0300. The van der Waals surface area contributed by atoms with Crippen LogP contribution in [0.3, 0.4) is 0 Å². The third-order valence-electron chi connectivity index (χ3n) is 6.64. The third-order valence-corrected chi connectivity index (χ3v) is 6.64. The summed E-state index contributed by atoms with van der Waals surface area (Å²) in [6.07, 6.45) is 1.25. The van der Waals surface area contributed by atoms with Crippen molar-refractivity contribution in [2.75, 3.05) is 4.90 Å². The first kappa shape index (κ1) is 21.3. The molecule has 1 aliphatic heterocycles. The molecular weight excluding hydrogens is 415 g/mol. The highest BCUT2D eigenvalue weighted by Gasteiger charge is 2.45. The number of halogens is 1. The van der Waals surface area contributed by atoms with Gasteiger partial charge in [0, 0.05) is 18.6 Å². The smallest absolute Gasteiger partial charge is 0.227 e. The Morgan fingerprint density at radius 1 is 0.970 bits per heavy atom. The Balaban J connectivity index is 1.70. The third kappa shape index (κ3) is 3.88. The van der Waals surface area contributed by atoms with Gasteiger partial charge in [0.2, 0.25) is 5.91 Å². The van der Waals surface area contributed by atoms with Crippen LogP contribution in [0.2, 0.25) is 0 Å². The van der Waals surface area contributed by atoms with Gasteiger partial charge in [0.15, 0.2) is 0 Å². The van der Waals surface area contributed by atoms with Crippen LogP contribution in [0.15, 0.2) is 83.9 Å². The van der Waals surface area contributed by atoms with E-state index in [1.165, 1.54) is 12.1 Å². The quantitative estimate of drug-likeness (QED) is 0.490. The van der Waals surface area contributed by atoms with Crippen LogP contribution >= 0.6 is 0 Å². The Kier molecular flexibility index (Phi) is 5.63. The molecule has 5 heteroatoms. The second kappa shape index (κ2) is 8.74. The summed E-state index contributed by atoms with van der Waals surface area (Å²) < 4.78 is 14.3. The van der Waals surface area contributed by atoms with Gasteiger partial charge in [-0.1, -0.05) is 61.5 Å². The number of fused-ring (bicyclic) bond motifs is 2. The predicted molar refractivity (Wildman–Crippen MR) is 127 cm³/mol. The van der Waals surface area contributed by atoms with Gasteiger partial charge in [-0.15, -0.1) is 0 Å². The molecule has 0 aromatic heterocycles. The lowest BCUT2D eigenvalue weighted by molar-refractivity contribution is -0.123. The lowest BCUT2D eigenvalue weighted by atomic mass is 9.72. The molecule has 5 rings (SSSR count). The zero-order valence-corrected chi connectivity index (χ0v) is 18.4. The van der Waals surface area contributed by atoms with Gasteiger partial charge in [-0.2, -0.15) is 0 Å². The van der Waals surface area contributed by atoms with Gasteiger partial charge in [0.05, 0.1) is 23.3 Å². The van der Waals surface area contributed by atoms with Crippen molar-refractivity contribution >= 4 is 28.8 Å². The number of hydrogen-bond donors (Lipinski definition) is 0. The SMILES string of the molecule is CCC(=O)N1c2ccccc2N=C2CC(c3ccccc3)CC(=O)C2C1c1cccc(F)c1. The average Bonchev–Trinajstić information content (AvgIpc) is 2.98. The number of aliphatic imine (C=N–C) groups is 1. The molecular formula is C28H25FN2O2. The van der Waals surface area contributed by atoms with Crippen molar-refractivity contribution in [3.05, 3.63) is 95.8 Å². The number of hydrogen-bond acceptors (Lipinski definition) is 3. The summed E-state index contributed by atoms with van der Waals surface area (Å²) in [5.74, 6) is -1.06. The molecule has 2 aliphatic rings. The van der Waals surface area contributed by atoms with Crippen LogP contribution < -0.4 is 4.90 Å². The minimum Gasteiger partial charge on any atom is -0.302 e. The number of ketones is 1. The Morgan fingerprint density at radius 2 is 1.70 bits per heavy atom. The summed E-state index contributed by atoms with van der Waals surface area (Å²) >= 11 is 0. The first-order valence-electron chi connectivity index (χ1n) is 11.4. The average molecular weight is 441 g/mol. The number of para-hydroxylation sites is 2. The number of Topliss-reactive ketones (excluding diaryl/α,β-unsaturated/α-hetero) is 1. The van der Waals surface area contributed by atoms with Gasteiger partial charge in [-0.25, -0.2) is 4.39 Å². The minimum atomic E-state index is -0.639. The predicted octanol–water partition coefficient (Wildman–Crippen LogP) is 6.16. The molecule has 3 atom stereocenters. The number of carbonyl (C=O) groups excluding carboxylic acids is 2. The van der Waals surface area contributed by atoms with Crippen molar-refractivity contribution in [3.63, 3.8) is 0 Å². The standard InChI is InChI=1S/C28H25FN2O2/c1-2-26(33)31-24-14-7-6-13-22(24)30-23-16-20(18-9-4-3-5-10-18)17-25(32)27(23)28(31)19-11-8-12-21(29)15-19/h3-15,20,27-28H,2,16-17H2,1H3. The Labute approximate surface area is 192 Å². The van der Waals surface area contributed by atoms with E-state index in [9.17, 15) is 14.0 Å². The van der Waals surface area contributed by atoms with E-state index in [1.807, 2.05) is 54.6 Å². The molecule has 0 N–H and O–H groups in total. The molecule has 166 valence electrons. The molecule has 0 saturated heterocycles. The molecule has 0 radical (unpaired) electrons. The summed E-state index contributed by atoms with van der Waals surface area (Å²) in [5, 5.41) is 0. The molecule has 4 nitrogen and oxygen atoms in total. The molecule has 1 amide bonds. The second-order valence-corrected chi connectivity index (χ2v) is 8.67. The fourth-order valence-electron chi connectivity index (χ4n) is 5.15. The largest absolute Gasteiger partial charge is 0.302 e. The van der Waals surface area contributed by atoms with E-state index in [0.717, 1.165) is 11.3 Å². The second-order valence-electron chi connectivity index (χ2n) is 8.67. The molecule has 1 fully saturated rings. The summed E-state index contributed by atoms with van der Waals surface area (Å²) in [4.78, 5) is 33.6. The number of rotatable bonds is 3. The van der Waals surface area contributed by atoms with Crippen molar-refractivity contribution in [2.45, 2.75) is 38.1 Å². The number of carbonyl (C=O) groups is 2. The van der Waals surface area contributed by atoms with Crippen molar-refractivity contribution in [1.82, 2.24) is 0 Å². The lowest BCUT2D eigenvalue weighted by Crippen LogP contribution is -2.45. The van der Waals surface area contributed by atoms with Gasteiger partial charge in [-0.05, 0) is 47.7 Å². The Bertz CT molecular complexity index is 1240. The van der Waals surface area contributed by atoms with E-state index in [0.29, 0.717) is 29.8 Å². The van der Waals surface area contributed by atoms with E-state index in [-0.39, 0.29) is 24.0 Å². The highest BCUT2D eigenvalue weighted by atomic mass is 19.1. The van der Waals surface area contributed by atoms with E-state index >= 15 is 0 Å². The molecule has 33 heavy (non-hydrogen) atoms. The number of nitrogens with zero attached hydrogens (tertiary/aromatic N) is 2. The van der Waals surface area contributed by atoms with Gasteiger partial charge in [0.1, 0.15) is 11.6 Å². The van der Waals surface area contributed by atoms with Crippen LogP contribution in [0.5, 0.6) is 0 Å². The van der Waals surface area contributed by atoms with Crippen LogP contribution in [0.25, 0.3) is 0 Å². The highest BCUT2D eigenvalue weighted by Crippen LogP contribution is 2.47. The van der Waals surface area contributed by atoms with E-state index in [1.54, 1.807) is 24.0 Å². The van der Waals surface area contributed by atoms with Gasteiger partial charge in [0.25, 0.3) is 0 Å². The zero-order valence-electron chi connectivity index (χ0n) is 18.4. The van der Waals surface area contributed by atoms with Crippen molar-refractivity contribution in [2.24, 2.45) is 10.9 Å².